The average Bonchev–Trinajstić information content (AvgIpc) is 2.96. The Hall–Kier alpha value is -4.68. The molecule has 7 rings (SSSR count). The van der Waals surface area contributed by atoms with Gasteiger partial charge in [-0.3, -0.25) is 0 Å². The molecule has 6 aromatic carbocycles. The van der Waals surface area contributed by atoms with Crippen molar-refractivity contribution >= 4 is 0 Å². The summed E-state index contributed by atoms with van der Waals surface area (Å²) in [5.74, 6) is 0. The van der Waals surface area contributed by atoms with Crippen molar-refractivity contribution in [3.63, 3.8) is 0 Å². The Bertz CT molecular complexity index is 2180. The lowest BCUT2D eigenvalue weighted by atomic mass is 9.75. The number of aryl methyl sites for hydroxylation is 8. The van der Waals surface area contributed by atoms with Crippen LogP contribution < -0.4 is 0 Å². The van der Waals surface area contributed by atoms with E-state index in [0.717, 1.165) is 0 Å². The lowest BCUT2D eigenvalue weighted by molar-refractivity contribution is 1.26. The molecule has 0 amide bonds. The molecular formula is C44H40. The van der Waals surface area contributed by atoms with Crippen molar-refractivity contribution in [1.29, 1.82) is 0 Å². The minimum Gasteiger partial charge on any atom is -0.0616 e. The first-order valence-electron chi connectivity index (χ1n) is 15.8. The minimum absolute atomic E-state index is 1.29. The summed E-state index contributed by atoms with van der Waals surface area (Å²) in [5.41, 5.74) is 21.0. The molecule has 0 atom stereocenters. The Labute approximate surface area is 261 Å². The van der Waals surface area contributed by atoms with Gasteiger partial charge in [0.15, 0.2) is 0 Å². The Balaban J connectivity index is 1.84. The first-order chi connectivity index (χ1) is 21.1. The number of hydrogen-bond acceptors (Lipinski definition) is 0. The minimum atomic E-state index is 1.29. The van der Waals surface area contributed by atoms with E-state index in [4.69, 9.17) is 0 Å². The van der Waals surface area contributed by atoms with Crippen molar-refractivity contribution in [2.75, 3.05) is 0 Å². The highest BCUT2D eigenvalue weighted by molar-refractivity contribution is 6.04. The molecule has 0 nitrogen and oxygen atoms in total. The van der Waals surface area contributed by atoms with Crippen LogP contribution >= 0.6 is 0 Å². The lowest BCUT2D eigenvalue weighted by Crippen LogP contribution is -2.06. The molecule has 6 aromatic rings. The van der Waals surface area contributed by atoms with E-state index in [1.54, 1.807) is 0 Å². The fourth-order valence-corrected chi connectivity index (χ4v) is 7.60. The van der Waals surface area contributed by atoms with Gasteiger partial charge in [-0.05, 0) is 143 Å². The standard InChI is InChI=1S/C44H40/c1-25-13-17-33(29(5)21-25)39-40(34-18-14-26(2)22-30(34)6)42(36-20-16-28(4)24-32(36)8)44-38-12-10-9-11-37(38)43(44)41(39)35-19-15-27(3)23-31(35)7/h9-24H,1-8H3. The Morgan fingerprint density at radius 3 is 0.841 bits per heavy atom. The number of hydrogen-bond donors (Lipinski definition) is 0. The van der Waals surface area contributed by atoms with Crippen molar-refractivity contribution in [2.24, 2.45) is 0 Å². The van der Waals surface area contributed by atoms with Crippen molar-refractivity contribution in [3.05, 3.63) is 162 Å². The fraction of sp³-hybridized carbons (Fsp3) is 0.182. The monoisotopic (exact) mass is 568 g/mol. The summed E-state index contributed by atoms with van der Waals surface area (Å²) in [5, 5.41) is 5.46. The predicted molar refractivity (Wildman–Crippen MR) is 188 cm³/mol. The van der Waals surface area contributed by atoms with Crippen molar-refractivity contribution in [1.82, 2.24) is 0 Å². The highest BCUT2D eigenvalue weighted by Gasteiger charge is 2.28. The van der Waals surface area contributed by atoms with Crippen LogP contribution in [0.25, 0.3) is 44.5 Å². The zero-order valence-corrected chi connectivity index (χ0v) is 27.2. The molecule has 0 saturated heterocycles. The average molecular weight is 569 g/mol. The first kappa shape index (κ1) is 28.1. The van der Waals surface area contributed by atoms with Crippen LogP contribution in [-0.4, -0.2) is 0 Å². The summed E-state index contributed by atoms with van der Waals surface area (Å²) in [4.78, 5) is 0. The van der Waals surface area contributed by atoms with Crippen LogP contribution in [-0.2, 0) is 0 Å². The molecule has 0 N–H and O–H groups in total. The summed E-state index contributed by atoms with van der Waals surface area (Å²) in [6.45, 7) is 17.9. The van der Waals surface area contributed by atoms with E-state index in [9.17, 15) is 0 Å². The molecule has 1 aliphatic carbocycles. The van der Waals surface area contributed by atoms with Crippen molar-refractivity contribution in [3.8, 4) is 44.5 Å². The van der Waals surface area contributed by atoms with E-state index in [-0.39, 0.29) is 0 Å². The molecule has 0 saturated carbocycles. The normalized spacial score (nSPS) is 11.6. The first-order valence-corrected chi connectivity index (χ1v) is 15.8. The highest BCUT2D eigenvalue weighted by atomic mass is 14.3. The molecule has 44 heavy (non-hydrogen) atoms. The number of benzene rings is 6. The smallest absolute Gasteiger partial charge is 0.000730 e. The Kier molecular flexibility index (Phi) is 6.70. The van der Waals surface area contributed by atoms with Gasteiger partial charge < -0.3 is 0 Å². The van der Waals surface area contributed by atoms with Crippen LogP contribution in [0.15, 0.2) is 97.1 Å². The van der Waals surface area contributed by atoms with Gasteiger partial charge in [-0.15, -0.1) is 0 Å². The van der Waals surface area contributed by atoms with Crippen LogP contribution in [0.4, 0.5) is 0 Å². The van der Waals surface area contributed by atoms with E-state index in [1.807, 2.05) is 0 Å². The summed E-state index contributed by atoms with van der Waals surface area (Å²) >= 11 is 0. The number of rotatable bonds is 4. The van der Waals surface area contributed by atoms with Gasteiger partial charge in [-0.25, -0.2) is 0 Å². The van der Waals surface area contributed by atoms with Gasteiger partial charge in [0.05, 0.1) is 0 Å². The summed E-state index contributed by atoms with van der Waals surface area (Å²) in [6.07, 6.45) is 0. The SMILES string of the molecule is Cc1ccc(-c2c(-c3ccc(C)cc3C)c(-c3ccc(C)cc3C)c3c(c2-c2ccc(C)cc2C)=c2ccccc2=3)c(C)c1. The molecule has 1 aliphatic rings. The number of fused-ring (bicyclic) bond motifs is 2. The Morgan fingerprint density at radius 2 is 0.568 bits per heavy atom. The molecule has 0 unspecified atom stereocenters. The zero-order chi connectivity index (χ0) is 30.9. The molecule has 0 fully saturated rings. The van der Waals surface area contributed by atoms with Crippen LogP contribution in [0.1, 0.15) is 44.5 Å². The fourth-order valence-electron chi connectivity index (χ4n) is 7.60. The zero-order valence-electron chi connectivity index (χ0n) is 27.2. The Morgan fingerprint density at radius 1 is 0.295 bits per heavy atom. The topological polar surface area (TPSA) is 0 Å². The quantitative estimate of drug-likeness (QED) is 0.198. The van der Waals surface area contributed by atoms with Crippen molar-refractivity contribution < 1.29 is 0 Å². The third-order valence-electron chi connectivity index (χ3n) is 9.57. The van der Waals surface area contributed by atoms with Gasteiger partial charge in [0.25, 0.3) is 0 Å². The molecule has 0 heterocycles. The third-order valence-corrected chi connectivity index (χ3v) is 9.57. The molecule has 0 bridgehead atoms. The molecule has 0 aromatic heterocycles. The summed E-state index contributed by atoms with van der Waals surface area (Å²) in [7, 11) is 0. The summed E-state index contributed by atoms with van der Waals surface area (Å²) in [6, 6.07) is 37.0. The van der Waals surface area contributed by atoms with Crippen LogP contribution in [0.3, 0.4) is 0 Å². The van der Waals surface area contributed by atoms with Crippen LogP contribution in [0.5, 0.6) is 0 Å². The maximum Gasteiger partial charge on any atom is -0.000730 e. The van der Waals surface area contributed by atoms with Gasteiger partial charge in [-0.2, -0.15) is 0 Å². The lowest BCUT2D eigenvalue weighted by Gasteiger charge is -2.28. The van der Waals surface area contributed by atoms with Gasteiger partial charge in [0.1, 0.15) is 0 Å². The molecule has 0 aliphatic heterocycles. The van der Waals surface area contributed by atoms with E-state index < -0.39 is 0 Å². The second kappa shape index (κ2) is 10.5. The second-order valence-electron chi connectivity index (χ2n) is 13.1. The van der Waals surface area contributed by atoms with Gasteiger partial charge in [0.2, 0.25) is 0 Å². The van der Waals surface area contributed by atoms with Gasteiger partial charge in [0, 0.05) is 0 Å². The van der Waals surface area contributed by atoms with E-state index in [2.05, 4.69) is 152 Å². The van der Waals surface area contributed by atoms with Crippen LogP contribution in [0.2, 0.25) is 0 Å². The van der Waals surface area contributed by atoms with Crippen molar-refractivity contribution in [2.45, 2.75) is 55.4 Å². The maximum absolute atomic E-state index is 2.36. The second-order valence-corrected chi connectivity index (χ2v) is 13.1. The van der Waals surface area contributed by atoms with Crippen LogP contribution in [0, 0.1) is 76.3 Å². The third kappa shape index (κ3) is 4.36. The summed E-state index contributed by atoms with van der Waals surface area (Å²) < 4.78 is 0. The van der Waals surface area contributed by atoms with Gasteiger partial charge >= 0.3 is 0 Å². The molecule has 0 heteroatoms. The van der Waals surface area contributed by atoms with Gasteiger partial charge in [-0.1, -0.05) is 119 Å². The molecule has 0 radical (unpaired) electrons. The maximum atomic E-state index is 2.36. The highest BCUT2D eigenvalue weighted by Crippen LogP contribution is 2.51. The molecular weight excluding hydrogens is 528 g/mol. The largest absolute Gasteiger partial charge is 0.0616 e. The molecule has 0 spiro atoms. The van der Waals surface area contributed by atoms with E-state index in [0.29, 0.717) is 0 Å². The molecule has 216 valence electrons. The van der Waals surface area contributed by atoms with E-state index >= 15 is 0 Å². The van der Waals surface area contributed by atoms with E-state index in [1.165, 1.54) is 110 Å². The predicted octanol–water partition coefficient (Wildman–Crippen LogP) is 11.7.